The molecule has 7 heteroatoms. The number of benzene rings is 1. The number of ether oxygens (including phenoxy) is 1. The molecule has 4 rings (SSSR count). The smallest absolute Gasteiger partial charge is 0.254 e. The lowest BCUT2D eigenvalue weighted by Gasteiger charge is -2.32. The number of aryl methyl sites for hydroxylation is 1. The summed E-state index contributed by atoms with van der Waals surface area (Å²) in [5.74, 6) is 0.551. The summed E-state index contributed by atoms with van der Waals surface area (Å²) < 4.78 is 6.94. The second-order valence-corrected chi connectivity index (χ2v) is 7.07. The fraction of sp³-hybridized carbons (Fsp3) is 0.333. The monoisotopic (exact) mass is 354 g/mol. The minimum Gasteiger partial charge on any atom is -0.471 e. The van der Waals surface area contributed by atoms with Crippen molar-refractivity contribution >= 4 is 27.5 Å². The molecule has 1 fully saturated rings. The summed E-state index contributed by atoms with van der Waals surface area (Å²) in [6.07, 6.45) is 1.77. The van der Waals surface area contributed by atoms with E-state index in [4.69, 9.17) is 4.74 Å². The van der Waals surface area contributed by atoms with E-state index in [-0.39, 0.29) is 12.0 Å². The highest BCUT2D eigenvalue weighted by Gasteiger charge is 2.26. The number of hydrogen-bond donors (Lipinski definition) is 0. The van der Waals surface area contributed by atoms with E-state index in [0.29, 0.717) is 18.0 Å². The van der Waals surface area contributed by atoms with E-state index < -0.39 is 0 Å². The molecule has 6 nitrogen and oxygen atoms in total. The van der Waals surface area contributed by atoms with Gasteiger partial charge in [-0.1, -0.05) is 0 Å². The summed E-state index contributed by atoms with van der Waals surface area (Å²) in [6.45, 7) is 3.20. The third kappa shape index (κ3) is 3.46. The largest absolute Gasteiger partial charge is 0.471 e. The molecule has 1 aromatic carbocycles. The first kappa shape index (κ1) is 16.0. The molecule has 3 heterocycles. The molecule has 1 amide bonds. The fourth-order valence-electron chi connectivity index (χ4n) is 3.01. The Hall–Kier alpha value is -2.54. The molecule has 1 unspecified atom stereocenters. The van der Waals surface area contributed by atoms with Crippen molar-refractivity contribution in [3.63, 3.8) is 0 Å². The van der Waals surface area contributed by atoms with Gasteiger partial charge in [-0.25, -0.2) is 4.98 Å². The van der Waals surface area contributed by atoms with E-state index >= 15 is 0 Å². The molecule has 0 spiro atoms. The van der Waals surface area contributed by atoms with Crippen molar-refractivity contribution in [1.29, 1.82) is 0 Å². The molecular weight excluding hydrogens is 336 g/mol. The molecule has 2 aromatic heterocycles. The van der Waals surface area contributed by atoms with E-state index in [9.17, 15) is 4.79 Å². The third-order valence-electron chi connectivity index (χ3n) is 4.30. The van der Waals surface area contributed by atoms with Gasteiger partial charge in [-0.3, -0.25) is 4.79 Å². The van der Waals surface area contributed by atoms with Crippen molar-refractivity contribution in [1.82, 2.24) is 20.1 Å². The Bertz CT molecular complexity index is 893. The Labute approximate surface area is 149 Å². The van der Waals surface area contributed by atoms with Gasteiger partial charge in [0.1, 0.15) is 6.10 Å². The van der Waals surface area contributed by atoms with Gasteiger partial charge in [0.15, 0.2) is 0 Å². The zero-order chi connectivity index (χ0) is 17.2. The minimum absolute atomic E-state index is 0.0404. The van der Waals surface area contributed by atoms with Crippen molar-refractivity contribution in [2.24, 2.45) is 0 Å². The highest BCUT2D eigenvalue weighted by Crippen LogP contribution is 2.22. The Balaban J connectivity index is 1.46. The number of carbonyl (C=O) groups is 1. The van der Waals surface area contributed by atoms with Crippen LogP contribution in [-0.4, -0.2) is 45.2 Å². The maximum atomic E-state index is 12.8. The normalized spacial score (nSPS) is 17.6. The van der Waals surface area contributed by atoms with E-state index in [0.717, 1.165) is 35.3 Å². The van der Waals surface area contributed by atoms with Gasteiger partial charge in [-0.05, 0) is 44.0 Å². The van der Waals surface area contributed by atoms with Crippen LogP contribution >= 0.6 is 11.3 Å². The maximum absolute atomic E-state index is 12.8. The Morgan fingerprint density at radius 2 is 2.20 bits per heavy atom. The molecule has 1 aliphatic rings. The molecule has 1 saturated heterocycles. The number of piperidine rings is 1. The maximum Gasteiger partial charge on any atom is 0.254 e. The molecule has 0 radical (unpaired) electrons. The molecule has 1 aliphatic heterocycles. The van der Waals surface area contributed by atoms with Gasteiger partial charge in [0.2, 0.25) is 5.88 Å². The van der Waals surface area contributed by atoms with Crippen molar-refractivity contribution < 1.29 is 9.53 Å². The van der Waals surface area contributed by atoms with Gasteiger partial charge in [0.05, 0.1) is 28.0 Å². The number of nitrogens with zero attached hydrogens (tertiary/aromatic N) is 4. The number of hydrogen-bond acceptors (Lipinski definition) is 6. The molecule has 0 aliphatic carbocycles. The first-order chi connectivity index (χ1) is 12.2. The lowest BCUT2D eigenvalue weighted by Crippen LogP contribution is -2.44. The van der Waals surface area contributed by atoms with Gasteiger partial charge < -0.3 is 9.64 Å². The molecule has 25 heavy (non-hydrogen) atoms. The predicted molar refractivity (Wildman–Crippen MR) is 95.9 cm³/mol. The predicted octanol–water partition coefficient (Wildman–Crippen LogP) is 3.08. The second kappa shape index (κ2) is 6.76. The molecule has 128 valence electrons. The van der Waals surface area contributed by atoms with Gasteiger partial charge in [-0.15, -0.1) is 16.4 Å². The highest BCUT2D eigenvalue weighted by molar-refractivity contribution is 7.16. The molecule has 1 atom stereocenters. The number of likely N-dealkylation sites (tertiary alicyclic amines) is 1. The van der Waals surface area contributed by atoms with Crippen molar-refractivity contribution in [3.05, 3.63) is 47.1 Å². The van der Waals surface area contributed by atoms with Gasteiger partial charge in [0, 0.05) is 18.2 Å². The zero-order valence-corrected chi connectivity index (χ0v) is 14.7. The number of rotatable bonds is 3. The van der Waals surface area contributed by atoms with E-state index in [2.05, 4.69) is 15.2 Å². The number of thiazole rings is 1. The topological polar surface area (TPSA) is 68.2 Å². The Morgan fingerprint density at radius 1 is 1.28 bits per heavy atom. The van der Waals surface area contributed by atoms with Crippen molar-refractivity contribution in [3.8, 4) is 5.88 Å². The van der Waals surface area contributed by atoms with Gasteiger partial charge >= 0.3 is 0 Å². The Kier molecular flexibility index (Phi) is 4.31. The van der Waals surface area contributed by atoms with Crippen LogP contribution in [0.1, 0.15) is 28.9 Å². The molecule has 0 saturated carbocycles. The average Bonchev–Trinajstić information content (AvgIpc) is 3.11. The lowest BCUT2D eigenvalue weighted by atomic mass is 10.1. The molecule has 0 N–H and O–H groups in total. The minimum atomic E-state index is -0.0539. The number of fused-ring (bicyclic) bond motifs is 1. The van der Waals surface area contributed by atoms with Gasteiger partial charge in [0.25, 0.3) is 5.91 Å². The number of aromatic nitrogens is 3. The van der Waals surface area contributed by atoms with E-state index in [1.165, 1.54) is 0 Å². The highest BCUT2D eigenvalue weighted by atomic mass is 32.1. The fourth-order valence-corrected chi connectivity index (χ4v) is 3.73. The van der Waals surface area contributed by atoms with Crippen LogP contribution in [0, 0.1) is 6.92 Å². The van der Waals surface area contributed by atoms with Crippen LogP contribution in [0.15, 0.2) is 35.8 Å². The standard InChI is InChI=1S/C18H18N4O2S/c1-12-4-7-17(21-20-12)24-14-3-2-8-22(10-14)18(23)13-5-6-15-16(9-13)25-11-19-15/h4-7,9,11,14H,2-3,8,10H2,1H3. The van der Waals surface area contributed by atoms with E-state index in [1.54, 1.807) is 16.8 Å². The van der Waals surface area contributed by atoms with Crippen LogP contribution in [-0.2, 0) is 0 Å². The first-order valence-electron chi connectivity index (χ1n) is 8.28. The molecular formula is C18H18N4O2S. The number of carbonyl (C=O) groups excluding carboxylic acids is 1. The molecule has 0 bridgehead atoms. The summed E-state index contributed by atoms with van der Waals surface area (Å²) in [6, 6.07) is 9.36. The van der Waals surface area contributed by atoms with Crippen LogP contribution in [0.25, 0.3) is 10.2 Å². The quantitative estimate of drug-likeness (QED) is 0.723. The summed E-state index contributed by atoms with van der Waals surface area (Å²) in [5.41, 5.74) is 4.28. The van der Waals surface area contributed by atoms with Gasteiger partial charge in [-0.2, -0.15) is 5.10 Å². The molecule has 3 aromatic rings. The summed E-state index contributed by atoms with van der Waals surface area (Å²) in [5, 5.41) is 8.06. The summed E-state index contributed by atoms with van der Waals surface area (Å²) in [4.78, 5) is 19.0. The van der Waals surface area contributed by atoms with E-state index in [1.807, 2.05) is 42.2 Å². The van der Waals surface area contributed by atoms with Crippen LogP contribution in [0.4, 0.5) is 0 Å². The van der Waals surface area contributed by atoms with Crippen LogP contribution in [0.2, 0.25) is 0 Å². The zero-order valence-electron chi connectivity index (χ0n) is 13.9. The van der Waals surface area contributed by atoms with Crippen molar-refractivity contribution in [2.45, 2.75) is 25.9 Å². The Morgan fingerprint density at radius 3 is 3.04 bits per heavy atom. The van der Waals surface area contributed by atoms with Crippen LogP contribution in [0.5, 0.6) is 5.88 Å². The average molecular weight is 354 g/mol. The number of amides is 1. The van der Waals surface area contributed by atoms with Crippen LogP contribution < -0.4 is 4.74 Å². The lowest BCUT2D eigenvalue weighted by molar-refractivity contribution is 0.0525. The second-order valence-electron chi connectivity index (χ2n) is 6.18. The van der Waals surface area contributed by atoms with Crippen molar-refractivity contribution in [2.75, 3.05) is 13.1 Å². The summed E-state index contributed by atoms with van der Waals surface area (Å²) in [7, 11) is 0. The first-order valence-corrected chi connectivity index (χ1v) is 9.16. The SMILES string of the molecule is Cc1ccc(OC2CCCN(C(=O)c3ccc4ncsc4c3)C2)nn1. The van der Waals surface area contributed by atoms with Crippen LogP contribution in [0.3, 0.4) is 0 Å². The summed E-state index contributed by atoms with van der Waals surface area (Å²) >= 11 is 1.55. The third-order valence-corrected chi connectivity index (χ3v) is 5.10.